The summed E-state index contributed by atoms with van der Waals surface area (Å²) in [7, 11) is -2.45. The highest BCUT2D eigenvalue weighted by Gasteiger charge is 2.15. The Morgan fingerprint density at radius 3 is 2.40 bits per heavy atom. The molecule has 0 spiro atoms. The third-order valence-electron chi connectivity index (χ3n) is 1.38. The standard InChI is InChI=1S/C9H20N2O3S/c1-9(2,3)14-8(12)11-6-5-7-15(4,10)13/h10H,5-7H2,1-4H3,(H,11,12). The Labute approximate surface area is 91.6 Å². The van der Waals surface area contributed by atoms with Gasteiger partial charge in [-0.3, -0.25) is 8.99 Å². The van der Waals surface area contributed by atoms with E-state index in [1.165, 1.54) is 6.26 Å². The van der Waals surface area contributed by atoms with Gasteiger partial charge in [0.05, 0.1) is 0 Å². The first-order valence-corrected chi connectivity index (χ1v) is 6.92. The van der Waals surface area contributed by atoms with E-state index in [4.69, 9.17) is 9.52 Å². The first-order chi connectivity index (χ1) is 6.60. The zero-order chi connectivity index (χ0) is 12.1. The fourth-order valence-corrected chi connectivity index (χ4v) is 1.55. The highest BCUT2D eigenvalue weighted by atomic mass is 32.2. The Balaban J connectivity index is 3.66. The normalized spacial score (nSPS) is 15.5. The van der Waals surface area contributed by atoms with Gasteiger partial charge in [0.25, 0.3) is 0 Å². The number of amides is 1. The van der Waals surface area contributed by atoms with Crippen molar-refractivity contribution in [3.8, 4) is 0 Å². The topological polar surface area (TPSA) is 79.2 Å². The Morgan fingerprint density at radius 2 is 2.00 bits per heavy atom. The van der Waals surface area contributed by atoms with Crippen LogP contribution in [-0.2, 0) is 14.5 Å². The molecule has 1 atom stereocenters. The van der Waals surface area contributed by atoms with Crippen molar-refractivity contribution in [1.82, 2.24) is 5.32 Å². The average molecular weight is 236 g/mol. The van der Waals surface area contributed by atoms with Gasteiger partial charge in [-0.15, -0.1) is 0 Å². The van der Waals surface area contributed by atoms with Crippen LogP contribution in [0.3, 0.4) is 0 Å². The summed E-state index contributed by atoms with van der Waals surface area (Å²) in [6.07, 6.45) is 1.44. The summed E-state index contributed by atoms with van der Waals surface area (Å²) in [6, 6.07) is 0. The molecule has 0 rings (SSSR count). The molecule has 2 N–H and O–H groups in total. The lowest BCUT2D eigenvalue weighted by molar-refractivity contribution is 0.0528. The minimum Gasteiger partial charge on any atom is -0.444 e. The second kappa shape index (κ2) is 5.34. The van der Waals surface area contributed by atoms with Crippen LogP contribution in [0.25, 0.3) is 0 Å². The van der Waals surface area contributed by atoms with Gasteiger partial charge in [-0.25, -0.2) is 4.79 Å². The van der Waals surface area contributed by atoms with E-state index in [2.05, 4.69) is 5.32 Å². The number of nitrogens with one attached hydrogen (secondary N) is 2. The van der Waals surface area contributed by atoms with E-state index in [9.17, 15) is 9.00 Å². The Hall–Kier alpha value is -0.780. The van der Waals surface area contributed by atoms with Gasteiger partial charge in [-0.05, 0) is 27.2 Å². The largest absolute Gasteiger partial charge is 0.444 e. The number of rotatable bonds is 4. The molecule has 1 unspecified atom stereocenters. The minimum atomic E-state index is -2.45. The molecule has 0 saturated heterocycles. The Bertz CT molecular complexity index is 304. The van der Waals surface area contributed by atoms with Gasteiger partial charge in [0, 0.05) is 28.3 Å². The van der Waals surface area contributed by atoms with Crippen LogP contribution in [0.4, 0.5) is 4.79 Å². The lowest BCUT2D eigenvalue weighted by Gasteiger charge is -2.19. The van der Waals surface area contributed by atoms with E-state index >= 15 is 0 Å². The van der Waals surface area contributed by atoms with E-state index in [1.54, 1.807) is 20.8 Å². The van der Waals surface area contributed by atoms with Crippen LogP contribution in [0.2, 0.25) is 0 Å². The van der Waals surface area contributed by atoms with Crippen molar-refractivity contribution in [3.63, 3.8) is 0 Å². The van der Waals surface area contributed by atoms with E-state index in [0.717, 1.165) is 0 Å². The first-order valence-electron chi connectivity index (χ1n) is 4.78. The van der Waals surface area contributed by atoms with Crippen molar-refractivity contribution in [2.45, 2.75) is 32.8 Å². The molecular weight excluding hydrogens is 216 g/mol. The Morgan fingerprint density at radius 1 is 1.47 bits per heavy atom. The van der Waals surface area contributed by atoms with Crippen LogP contribution in [0, 0.1) is 4.78 Å². The van der Waals surface area contributed by atoms with Crippen molar-refractivity contribution >= 4 is 15.8 Å². The molecule has 0 aromatic carbocycles. The number of hydrogen-bond donors (Lipinski definition) is 2. The SMILES string of the molecule is CC(C)(C)OC(=O)NCCCS(C)(=N)=O. The fourth-order valence-electron chi connectivity index (χ4n) is 0.852. The van der Waals surface area contributed by atoms with Gasteiger partial charge < -0.3 is 10.1 Å². The van der Waals surface area contributed by atoms with Crippen LogP contribution in [0.5, 0.6) is 0 Å². The summed E-state index contributed by atoms with van der Waals surface area (Å²) in [6.45, 7) is 5.75. The third kappa shape index (κ3) is 11.1. The lowest BCUT2D eigenvalue weighted by Crippen LogP contribution is -2.33. The minimum absolute atomic E-state index is 0.294. The van der Waals surface area contributed by atoms with Crippen molar-refractivity contribution in [1.29, 1.82) is 4.78 Å². The second-order valence-corrected chi connectivity index (χ2v) is 6.91. The Kier molecular flexibility index (Phi) is 5.07. The molecule has 90 valence electrons. The molecular formula is C9H20N2O3S. The number of hydrogen-bond acceptors (Lipinski definition) is 4. The molecule has 15 heavy (non-hydrogen) atoms. The van der Waals surface area contributed by atoms with Crippen molar-refractivity contribution < 1.29 is 13.7 Å². The number of carbonyl (C=O) groups is 1. The summed E-state index contributed by atoms with van der Waals surface area (Å²) in [4.78, 5) is 11.1. The molecule has 0 aliphatic rings. The summed E-state index contributed by atoms with van der Waals surface area (Å²) in [5.74, 6) is 0.294. The first kappa shape index (κ1) is 14.2. The van der Waals surface area contributed by atoms with E-state index in [1.807, 2.05) is 0 Å². The maximum absolute atomic E-state index is 11.1. The molecule has 0 aromatic rings. The quantitative estimate of drug-likeness (QED) is 0.727. The molecule has 0 saturated carbocycles. The van der Waals surface area contributed by atoms with Crippen LogP contribution in [0.1, 0.15) is 27.2 Å². The third-order valence-corrected chi connectivity index (χ3v) is 2.45. The smallest absolute Gasteiger partial charge is 0.407 e. The molecule has 1 amide bonds. The highest BCUT2D eigenvalue weighted by Crippen LogP contribution is 2.06. The van der Waals surface area contributed by atoms with Gasteiger partial charge in [-0.1, -0.05) is 0 Å². The number of alkyl carbamates (subject to hydrolysis) is 1. The van der Waals surface area contributed by atoms with Crippen LogP contribution >= 0.6 is 0 Å². The summed E-state index contributed by atoms with van der Waals surface area (Å²) in [5.41, 5.74) is -0.502. The number of ether oxygens (including phenoxy) is 1. The van der Waals surface area contributed by atoms with E-state index in [0.29, 0.717) is 18.7 Å². The predicted octanol–water partition coefficient (Wildman–Crippen LogP) is 1.58. The molecule has 0 aliphatic carbocycles. The van der Waals surface area contributed by atoms with Crippen molar-refractivity contribution in [3.05, 3.63) is 0 Å². The average Bonchev–Trinajstić information content (AvgIpc) is 1.92. The second-order valence-electron chi connectivity index (χ2n) is 4.49. The van der Waals surface area contributed by atoms with Crippen LogP contribution in [0.15, 0.2) is 0 Å². The molecule has 6 heteroatoms. The maximum atomic E-state index is 11.1. The molecule has 0 aromatic heterocycles. The lowest BCUT2D eigenvalue weighted by atomic mass is 10.2. The summed E-state index contributed by atoms with van der Waals surface area (Å²) >= 11 is 0. The fraction of sp³-hybridized carbons (Fsp3) is 0.889. The molecule has 0 fully saturated rings. The van der Waals surface area contributed by atoms with Gasteiger partial charge in [0.1, 0.15) is 5.60 Å². The summed E-state index contributed by atoms with van der Waals surface area (Å²) in [5, 5.41) is 2.54. The zero-order valence-electron chi connectivity index (χ0n) is 9.75. The molecule has 0 bridgehead atoms. The zero-order valence-corrected chi connectivity index (χ0v) is 10.6. The van der Waals surface area contributed by atoms with Crippen molar-refractivity contribution in [2.75, 3.05) is 18.6 Å². The van der Waals surface area contributed by atoms with Gasteiger partial charge in [0.2, 0.25) is 0 Å². The molecule has 0 aliphatic heterocycles. The summed E-state index contributed by atoms with van der Waals surface area (Å²) < 4.78 is 23.1. The predicted molar refractivity (Wildman–Crippen MR) is 60.5 cm³/mol. The monoisotopic (exact) mass is 236 g/mol. The van der Waals surface area contributed by atoms with Gasteiger partial charge in [0.15, 0.2) is 0 Å². The molecule has 0 radical (unpaired) electrons. The van der Waals surface area contributed by atoms with Gasteiger partial charge >= 0.3 is 6.09 Å². The molecule has 0 heterocycles. The maximum Gasteiger partial charge on any atom is 0.407 e. The van der Waals surface area contributed by atoms with Crippen LogP contribution < -0.4 is 5.32 Å². The van der Waals surface area contributed by atoms with Crippen LogP contribution in [-0.4, -0.2) is 34.5 Å². The highest BCUT2D eigenvalue weighted by molar-refractivity contribution is 7.91. The van der Waals surface area contributed by atoms with Crippen molar-refractivity contribution in [2.24, 2.45) is 0 Å². The van der Waals surface area contributed by atoms with E-state index in [-0.39, 0.29) is 0 Å². The number of carbonyl (C=O) groups excluding carboxylic acids is 1. The molecule has 5 nitrogen and oxygen atoms in total. The van der Waals surface area contributed by atoms with E-state index < -0.39 is 21.4 Å². The van der Waals surface area contributed by atoms with Gasteiger partial charge in [-0.2, -0.15) is 0 Å².